The molecule has 4 aromatic carbocycles. The zero-order chi connectivity index (χ0) is 31.7. The Morgan fingerprint density at radius 1 is 0.500 bits per heavy atom. The third-order valence-corrected chi connectivity index (χ3v) is 10.2. The highest BCUT2D eigenvalue weighted by Gasteiger charge is 2.32. The summed E-state index contributed by atoms with van der Waals surface area (Å²) >= 11 is 3.26. The number of thiophene rings is 2. The lowest BCUT2D eigenvalue weighted by Crippen LogP contribution is -2.23. The molecular formula is C43H34OS2. The predicted molar refractivity (Wildman–Crippen MR) is 194 cm³/mol. The minimum absolute atomic E-state index is 0.229. The van der Waals surface area contributed by atoms with Gasteiger partial charge in [0.1, 0.15) is 5.78 Å². The fraction of sp³-hybridized carbons (Fsp3) is 0.140. The van der Waals surface area contributed by atoms with Gasteiger partial charge in [-0.25, -0.2) is 0 Å². The molecule has 6 aromatic rings. The van der Waals surface area contributed by atoms with Gasteiger partial charge in [-0.15, -0.1) is 22.7 Å². The molecule has 224 valence electrons. The number of carbonyl (C=O) groups is 1. The average molecular weight is 631 g/mol. The van der Waals surface area contributed by atoms with Crippen LogP contribution in [0.25, 0.3) is 0 Å². The molecule has 0 saturated carbocycles. The van der Waals surface area contributed by atoms with Crippen LogP contribution in [0.5, 0.6) is 0 Å². The predicted octanol–water partition coefficient (Wildman–Crippen LogP) is 10.1. The lowest BCUT2D eigenvalue weighted by Gasteiger charge is -2.22. The number of carbonyl (C=O) groups excluding carboxylic acids is 1. The summed E-state index contributed by atoms with van der Waals surface area (Å²) in [5.41, 5.74) is 6.70. The molecule has 1 nitrogen and oxygen atoms in total. The van der Waals surface area contributed by atoms with Gasteiger partial charge >= 0.3 is 0 Å². The summed E-state index contributed by atoms with van der Waals surface area (Å²) in [5.74, 6) is 12.9. The van der Waals surface area contributed by atoms with Gasteiger partial charge in [0.05, 0.1) is 21.6 Å². The van der Waals surface area contributed by atoms with E-state index in [0.717, 1.165) is 41.8 Å². The second-order valence-electron chi connectivity index (χ2n) is 11.5. The number of benzene rings is 4. The normalized spacial score (nSPS) is 11.9. The lowest BCUT2D eigenvalue weighted by atomic mass is 9.83. The molecule has 2 heterocycles. The van der Waals surface area contributed by atoms with E-state index in [1.165, 1.54) is 11.1 Å². The van der Waals surface area contributed by atoms with Gasteiger partial charge in [0.25, 0.3) is 0 Å². The summed E-state index contributed by atoms with van der Waals surface area (Å²) in [6, 6.07) is 45.5. The molecule has 2 atom stereocenters. The molecule has 0 radical (unpaired) electrons. The summed E-state index contributed by atoms with van der Waals surface area (Å²) in [4.78, 5) is 18.9. The van der Waals surface area contributed by atoms with Crippen molar-refractivity contribution in [3.63, 3.8) is 0 Å². The van der Waals surface area contributed by atoms with Crippen LogP contribution >= 0.6 is 22.7 Å². The van der Waals surface area contributed by atoms with Gasteiger partial charge < -0.3 is 0 Å². The van der Waals surface area contributed by atoms with Crippen LogP contribution in [0.2, 0.25) is 0 Å². The van der Waals surface area contributed by atoms with Crippen molar-refractivity contribution in [2.75, 3.05) is 0 Å². The van der Waals surface area contributed by atoms with E-state index >= 15 is 0 Å². The molecule has 0 N–H and O–H groups in total. The second kappa shape index (κ2) is 14.9. The van der Waals surface area contributed by atoms with Gasteiger partial charge in [0.2, 0.25) is 0 Å². The van der Waals surface area contributed by atoms with Crippen LogP contribution in [0, 0.1) is 37.5 Å². The third kappa shape index (κ3) is 8.21. The number of hydrogen-bond acceptors (Lipinski definition) is 3. The standard InChI is InChI=1S/C43H34OS2/c1-31-13-17-33(18-14-31)21-23-37-25-27-41(45-37)39(29-35-9-5-3-6-10-35)43(44)40(30-36-11-7-4-8-12-36)42-28-26-38(46-42)24-22-34-19-15-32(2)16-20-34/h3-20,25-28,39-40H,29-30H2,1-2H3. The molecule has 0 fully saturated rings. The maximum atomic E-state index is 14.8. The number of rotatable bonds is 8. The number of hydrogen-bond donors (Lipinski definition) is 0. The Kier molecular flexibility index (Phi) is 10.1. The van der Waals surface area contributed by atoms with Crippen molar-refractivity contribution in [3.05, 3.63) is 186 Å². The minimum atomic E-state index is -0.291. The van der Waals surface area contributed by atoms with Crippen LogP contribution in [0.3, 0.4) is 0 Å². The van der Waals surface area contributed by atoms with E-state index in [9.17, 15) is 4.79 Å². The van der Waals surface area contributed by atoms with E-state index in [2.05, 4.69) is 110 Å². The molecule has 0 bridgehead atoms. The van der Waals surface area contributed by atoms with Gasteiger partial charge in [0, 0.05) is 20.9 Å². The largest absolute Gasteiger partial charge is 0.298 e. The van der Waals surface area contributed by atoms with Crippen LogP contribution in [0.4, 0.5) is 0 Å². The van der Waals surface area contributed by atoms with Gasteiger partial charge in [0.15, 0.2) is 0 Å². The Bertz CT molecular complexity index is 1880. The van der Waals surface area contributed by atoms with Gasteiger partial charge in [-0.1, -0.05) is 120 Å². The molecule has 0 aliphatic heterocycles. The van der Waals surface area contributed by atoms with Gasteiger partial charge in [-0.3, -0.25) is 4.79 Å². The fourth-order valence-corrected chi connectivity index (χ4v) is 7.32. The SMILES string of the molecule is Cc1ccc(C#Cc2ccc(C(Cc3ccccc3)C(=O)C(Cc3ccccc3)c3ccc(C#Cc4ccc(C)cc4)s3)s2)cc1. The monoisotopic (exact) mass is 630 g/mol. The summed E-state index contributed by atoms with van der Waals surface area (Å²) in [6.45, 7) is 4.15. The van der Waals surface area contributed by atoms with Gasteiger partial charge in [-0.05, 0) is 86.3 Å². The van der Waals surface area contributed by atoms with Gasteiger partial charge in [-0.2, -0.15) is 0 Å². The first-order chi connectivity index (χ1) is 22.5. The number of ketones is 1. The van der Waals surface area contributed by atoms with E-state index in [1.807, 2.05) is 60.7 Å². The molecule has 2 aromatic heterocycles. The van der Waals surface area contributed by atoms with Crippen molar-refractivity contribution >= 4 is 28.5 Å². The highest BCUT2D eigenvalue weighted by atomic mass is 32.1. The highest BCUT2D eigenvalue weighted by molar-refractivity contribution is 7.13. The number of aryl methyl sites for hydroxylation is 2. The molecular weight excluding hydrogens is 597 g/mol. The first-order valence-electron chi connectivity index (χ1n) is 15.5. The highest BCUT2D eigenvalue weighted by Crippen LogP contribution is 2.37. The third-order valence-electron chi connectivity index (χ3n) is 7.96. The van der Waals surface area contributed by atoms with Crippen molar-refractivity contribution < 1.29 is 4.79 Å². The second-order valence-corrected chi connectivity index (χ2v) is 13.8. The van der Waals surface area contributed by atoms with E-state index in [-0.39, 0.29) is 17.6 Å². The van der Waals surface area contributed by atoms with Crippen LogP contribution in [0.1, 0.15) is 64.7 Å². The van der Waals surface area contributed by atoms with Crippen LogP contribution in [0.15, 0.2) is 133 Å². The van der Waals surface area contributed by atoms with Crippen molar-refractivity contribution in [3.8, 4) is 23.7 Å². The van der Waals surface area contributed by atoms with E-state index in [1.54, 1.807) is 22.7 Å². The smallest absolute Gasteiger partial charge is 0.150 e. The fourth-order valence-electron chi connectivity index (χ4n) is 5.38. The van der Waals surface area contributed by atoms with Crippen molar-refractivity contribution in [1.82, 2.24) is 0 Å². The Morgan fingerprint density at radius 2 is 0.891 bits per heavy atom. The molecule has 2 unspecified atom stereocenters. The molecule has 0 aliphatic rings. The first-order valence-corrected chi connectivity index (χ1v) is 17.1. The molecule has 46 heavy (non-hydrogen) atoms. The first kappa shape index (κ1) is 31.1. The molecule has 0 saturated heterocycles. The minimum Gasteiger partial charge on any atom is -0.298 e. The quantitative estimate of drug-likeness (QED) is 0.153. The maximum absolute atomic E-state index is 14.8. The van der Waals surface area contributed by atoms with E-state index in [0.29, 0.717) is 12.8 Å². The van der Waals surface area contributed by atoms with E-state index in [4.69, 9.17) is 0 Å². The lowest BCUT2D eigenvalue weighted by molar-refractivity contribution is -0.121. The van der Waals surface area contributed by atoms with Crippen molar-refractivity contribution in [2.24, 2.45) is 0 Å². The van der Waals surface area contributed by atoms with Crippen LogP contribution in [-0.4, -0.2) is 5.78 Å². The Balaban J connectivity index is 1.33. The zero-order valence-electron chi connectivity index (χ0n) is 26.0. The van der Waals surface area contributed by atoms with Crippen LogP contribution in [-0.2, 0) is 17.6 Å². The molecule has 6 rings (SSSR count). The Morgan fingerprint density at radius 3 is 1.28 bits per heavy atom. The summed E-state index contributed by atoms with van der Waals surface area (Å²) in [7, 11) is 0. The topological polar surface area (TPSA) is 17.1 Å². The molecule has 0 amide bonds. The summed E-state index contributed by atoms with van der Waals surface area (Å²) in [6.07, 6.45) is 1.28. The molecule has 0 aliphatic carbocycles. The number of Topliss-reactive ketones (excluding diaryl/α,β-unsaturated/α-hetero) is 1. The summed E-state index contributed by atoms with van der Waals surface area (Å²) < 4.78 is 0. The van der Waals surface area contributed by atoms with Crippen molar-refractivity contribution in [1.29, 1.82) is 0 Å². The molecule has 3 heteroatoms. The maximum Gasteiger partial charge on any atom is 0.150 e. The molecule has 0 spiro atoms. The average Bonchev–Trinajstić information content (AvgIpc) is 3.76. The van der Waals surface area contributed by atoms with Crippen LogP contribution < -0.4 is 0 Å². The Labute approximate surface area is 280 Å². The van der Waals surface area contributed by atoms with E-state index < -0.39 is 0 Å². The summed E-state index contributed by atoms with van der Waals surface area (Å²) in [5, 5.41) is 0. The zero-order valence-corrected chi connectivity index (χ0v) is 27.6. The Hall–Kier alpha value is -4.93. The van der Waals surface area contributed by atoms with Crippen molar-refractivity contribution in [2.45, 2.75) is 38.5 Å².